The molecular formula is C19H22Cl2N4O3. The van der Waals surface area contributed by atoms with Crippen molar-refractivity contribution in [2.75, 3.05) is 13.7 Å². The van der Waals surface area contributed by atoms with Crippen LogP contribution >= 0.6 is 23.2 Å². The zero-order valence-corrected chi connectivity index (χ0v) is 17.3. The molecule has 0 saturated heterocycles. The second-order valence-electron chi connectivity index (χ2n) is 6.95. The lowest BCUT2D eigenvalue weighted by atomic mass is 9.95. The fraction of sp³-hybridized carbons (Fsp3) is 0.421. The number of amides is 2. The molecule has 2 aromatic rings. The fourth-order valence-electron chi connectivity index (χ4n) is 3.38. The van der Waals surface area contributed by atoms with E-state index < -0.39 is 24.1 Å². The summed E-state index contributed by atoms with van der Waals surface area (Å²) in [6.45, 7) is 4.12. The van der Waals surface area contributed by atoms with E-state index in [0.717, 1.165) is 5.69 Å². The summed E-state index contributed by atoms with van der Waals surface area (Å²) < 4.78 is 4.82. The number of rotatable bonds is 4. The van der Waals surface area contributed by atoms with Gasteiger partial charge in [-0.15, -0.1) is 0 Å². The molecule has 0 bridgehead atoms. The van der Waals surface area contributed by atoms with Crippen LogP contribution in [0.5, 0.6) is 0 Å². The van der Waals surface area contributed by atoms with E-state index in [4.69, 9.17) is 27.9 Å². The number of imidazole rings is 1. The van der Waals surface area contributed by atoms with Crippen LogP contribution in [0, 0.1) is 5.92 Å². The molecule has 3 rings (SSSR count). The highest BCUT2D eigenvalue weighted by Crippen LogP contribution is 2.39. The molecular weight excluding hydrogens is 403 g/mol. The van der Waals surface area contributed by atoms with Gasteiger partial charge in [0.05, 0.1) is 29.2 Å². The lowest BCUT2D eigenvalue weighted by Gasteiger charge is -2.36. The molecule has 7 nitrogen and oxygen atoms in total. The van der Waals surface area contributed by atoms with Crippen molar-refractivity contribution in [1.29, 1.82) is 0 Å². The van der Waals surface area contributed by atoms with E-state index in [2.05, 4.69) is 15.3 Å². The molecule has 2 amide bonds. The molecule has 0 fully saturated rings. The van der Waals surface area contributed by atoms with Gasteiger partial charge < -0.3 is 19.9 Å². The van der Waals surface area contributed by atoms with E-state index in [9.17, 15) is 9.59 Å². The van der Waals surface area contributed by atoms with Crippen molar-refractivity contribution < 1.29 is 14.3 Å². The SMILES string of the molecule is COC(=O)[C@@H](NC(=O)N1CCc2[nH]cnc2C1c1cccc(Cl)c1Cl)C(C)C. The van der Waals surface area contributed by atoms with Gasteiger partial charge in [0.25, 0.3) is 0 Å². The van der Waals surface area contributed by atoms with Gasteiger partial charge >= 0.3 is 12.0 Å². The maximum absolute atomic E-state index is 13.1. The average Bonchev–Trinajstić information content (AvgIpc) is 3.15. The number of carbonyl (C=O) groups is 2. The number of methoxy groups -OCH3 is 1. The Kier molecular flexibility index (Phi) is 6.15. The zero-order chi connectivity index (χ0) is 20.4. The molecule has 2 N–H and O–H groups in total. The number of aromatic nitrogens is 2. The van der Waals surface area contributed by atoms with Crippen LogP contribution in [0.15, 0.2) is 24.5 Å². The molecule has 9 heteroatoms. The first kappa shape index (κ1) is 20.5. The third kappa shape index (κ3) is 3.82. The molecule has 2 heterocycles. The van der Waals surface area contributed by atoms with E-state index in [1.165, 1.54) is 7.11 Å². The Morgan fingerprint density at radius 1 is 1.36 bits per heavy atom. The number of benzene rings is 1. The highest BCUT2D eigenvalue weighted by Gasteiger charge is 2.37. The van der Waals surface area contributed by atoms with Gasteiger partial charge in [-0.1, -0.05) is 49.2 Å². The largest absolute Gasteiger partial charge is 0.467 e. The quantitative estimate of drug-likeness (QED) is 0.734. The summed E-state index contributed by atoms with van der Waals surface area (Å²) in [6.07, 6.45) is 2.21. The molecule has 0 saturated carbocycles. The predicted octanol–water partition coefficient (Wildman–Crippen LogP) is 3.57. The minimum atomic E-state index is -0.756. The van der Waals surface area contributed by atoms with Crippen LogP contribution < -0.4 is 5.32 Å². The Bertz CT molecular complexity index is 884. The van der Waals surface area contributed by atoms with Crippen molar-refractivity contribution in [3.05, 3.63) is 51.5 Å². The number of H-pyrrole nitrogens is 1. The Morgan fingerprint density at radius 3 is 2.79 bits per heavy atom. The Labute approximate surface area is 173 Å². The first-order valence-electron chi connectivity index (χ1n) is 8.96. The summed E-state index contributed by atoms with van der Waals surface area (Å²) in [5, 5.41) is 3.56. The number of aromatic amines is 1. The van der Waals surface area contributed by atoms with Gasteiger partial charge in [-0.3, -0.25) is 0 Å². The number of hydrogen-bond acceptors (Lipinski definition) is 4. The number of halogens is 2. The molecule has 28 heavy (non-hydrogen) atoms. The van der Waals surface area contributed by atoms with Crippen LogP contribution in [0.2, 0.25) is 10.0 Å². The smallest absolute Gasteiger partial charge is 0.328 e. The van der Waals surface area contributed by atoms with Crippen molar-refractivity contribution in [2.24, 2.45) is 5.92 Å². The van der Waals surface area contributed by atoms with Gasteiger partial charge in [-0.25, -0.2) is 14.6 Å². The van der Waals surface area contributed by atoms with Crippen molar-refractivity contribution in [2.45, 2.75) is 32.4 Å². The second kappa shape index (κ2) is 8.41. The number of hydrogen-bond donors (Lipinski definition) is 2. The van der Waals surface area contributed by atoms with E-state index in [1.807, 2.05) is 19.9 Å². The highest BCUT2D eigenvalue weighted by atomic mass is 35.5. The number of esters is 1. The molecule has 1 unspecified atom stereocenters. The molecule has 1 aliphatic rings. The van der Waals surface area contributed by atoms with Gasteiger partial charge in [0.2, 0.25) is 0 Å². The van der Waals surface area contributed by atoms with Crippen LogP contribution in [0.4, 0.5) is 4.79 Å². The fourth-order valence-corrected chi connectivity index (χ4v) is 3.79. The zero-order valence-electron chi connectivity index (χ0n) is 15.8. The number of nitrogens with one attached hydrogen (secondary N) is 2. The lowest BCUT2D eigenvalue weighted by Crippen LogP contribution is -2.53. The normalized spacial score (nSPS) is 17.2. The Hall–Kier alpha value is -2.25. The summed E-state index contributed by atoms with van der Waals surface area (Å²) >= 11 is 12.7. The number of urea groups is 1. The van der Waals surface area contributed by atoms with Crippen LogP contribution in [0.3, 0.4) is 0 Å². The molecule has 2 atom stereocenters. The van der Waals surface area contributed by atoms with E-state index >= 15 is 0 Å². The van der Waals surface area contributed by atoms with Gasteiger partial charge in [0.1, 0.15) is 12.1 Å². The molecule has 0 radical (unpaired) electrons. The number of nitrogens with zero attached hydrogens (tertiary/aromatic N) is 2. The van der Waals surface area contributed by atoms with Crippen LogP contribution in [0.25, 0.3) is 0 Å². The monoisotopic (exact) mass is 424 g/mol. The summed E-state index contributed by atoms with van der Waals surface area (Å²) in [4.78, 5) is 34.4. The molecule has 150 valence electrons. The van der Waals surface area contributed by atoms with Crippen LogP contribution in [-0.4, -0.2) is 46.6 Å². The molecule has 1 aliphatic heterocycles. The van der Waals surface area contributed by atoms with Crippen molar-refractivity contribution >= 4 is 35.2 Å². The Balaban J connectivity index is 1.98. The first-order valence-corrected chi connectivity index (χ1v) is 9.71. The lowest BCUT2D eigenvalue weighted by molar-refractivity contribution is -0.144. The number of carbonyl (C=O) groups excluding carboxylic acids is 2. The summed E-state index contributed by atoms with van der Waals surface area (Å²) in [5.41, 5.74) is 2.33. The first-order chi connectivity index (χ1) is 13.3. The summed E-state index contributed by atoms with van der Waals surface area (Å²) in [7, 11) is 1.30. The molecule has 1 aromatic carbocycles. The minimum absolute atomic E-state index is 0.129. The van der Waals surface area contributed by atoms with E-state index in [1.54, 1.807) is 23.4 Å². The maximum Gasteiger partial charge on any atom is 0.328 e. The summed E-state index contributed by atoms with van der Waals surface area (Å²) in [5.74, 6) is -0.617. The number of fused-ring (bicyclic) bond motifs is 1. The predicted molar refractivity (Wildman–Crippen MR) is 106 cm³/mol. The van der Waals surface area contributed by atoms with Crippen LogP contribution in [-0.2, 0) is 16.0 Å². The van der Waals surface area contributed by atoms with Crippen molar-refractivity contribution in [3.8, 4) is 0 Å². The minimum Gasteiger partial charge on any atom is -0.467 e. The molecule has 0 aliphatic carbocycles. The second-order valence-corrected chi connectivity index (χ2v) is 7.73. The van der Waals surface area contributed by atoms with Gasteiger partial charge in [0, 0.05) is 24.2 Å². The third-order valence-corrected chi connectivity index (χ3v) is 5.70. The van der Waals surface area contributed by atoms with Gasteiger partial charge in [-0.2, -0.15) is 0 Å². The maximum atomic E-state index is 13.1. The highest BCUT2D eigenvalue weighted by molar-refractivity contribution is 6.42. The standard InChI is InChI=1S/C19H22Cl2N4O3/c1-10(2)15(18(26)28-3)24-19(27)25-8-7-13-16(23-9-22-13)17(25)11-5-4-6-12(20)14(11)21/h4-6,9-10,15,17H,7-8H2,1-3H3,(H,22,23)(H,24,27)/t15-,17?/m0/s1. The van der Waals surface area contributed by atoms with Crippen molar-refractivity contribution in [1.82, 2.24) is 20.2 Å². The topological polar surface area (TPSA) is 87.3 Å². The van der Waals surface area contributed by atoms with Crippen LogP contribution in [0.1, 0.15) is 36.8 Å². The van der Waals surface area contributed by atoms with Gasteiger partial charge in [0.15, 0.2) is 0 Å². The van der Waals surface area contributed by atoms with Gasteiger partial charge in [-0.05, 0) is 12.0 Å². The average molecular weight is 425 g/mol. The summed E-state index contributed by atoms with van der Waals surface area (Å²) in [6, 6.07) is 3.63. The third-order valence-electron chi connectivity index (χ3n) is 4.86. The molecule has 0 spiro atoms. The molecule has 1 aromatic heterocycles. The Morgan fingerprint density at radius 2 is 2.11 bits per heavy atom. The number of ether oxygens (including phenoxy) is 1. The van der Waals surface area contributed by atoms with Crippen molar-refractivity contribution in [3.63, 3.8) is 0 Å². The van der Waals surface area contributed by atoms with E-state index in [0.29, 0.717) is 34.3 Å². The van der Waals surface area contributed by atoms with E-state index in [-0.39, 0.29) is 5.92 Å².